The smallest absolute Gasteiger partial charge is 0.278 e. The number of aromatic nitrogens is 2. The van der Waals surface area contributed by atoms with E-state index in [2.05, 4.69) is 0 Å². The molecule has 1 saturated carbocycles. The van der Waals surface area contributed by atoms with Gasteiger partial charge in [0.15, 0.2) is 11.6 Å². The minimum Gasteiger partial charge on any atom is -0.507 e. The summed E-state index contributed by atoms with van der Waals surface area (Å²) >= 11 is 0. The van der Waals surface area contributed by atoms with E-state index in [4.69, 9.17) is 0 Å². The second kappa shape index (κ2) is 5.12. The van der Waals surface area contributed by atoms with E-state index in [0.29, 0.717) is 11.3 Å². The van der Waals surface area contributed by atoms with Crippen LogP contribution in [0.3, 0.4) is 0 Å². The molecule has 1 N–H and O–H groups in total. The van der Waals surface area contributed by atoms with Crippen molar-refractivity contribution in [2.45, 2.75) is 26.3 Å². The van der Waals surface area contributed by atoms with Crippen LogP contribution in [-0.2, 0) is 13.6 Å². The predicted octanol–water partition coefficient (Wildman–Crippen LogP) is 2.88. The van der Waals surface area contributed by atoms with Crippen molar-refractivity contribution in [3.63, 3.8) is 0 Å². The zero-order chi connectivity index (χ0) is 16.0. The van der Waals surface area contributed by atoms with Gasteiger partial charge in [-0.05, 0) is 43.0 Å². The number of aliphatic hydroxyl groups excluding tert-OH is 1. The van der Waals surface area contributed by atoms with Crippen LogP contribution in [0.4, 0.5) is 8.78 Å². The van der Waals surface area contributed by atoms with Gasteiger partial charge in [-0.25, -0.2) is 13.5 Å². The normalized spacial score (nSPS) is 13.5. The van der Waals surface area contributed by atoms with Gasteiger partial charge in [0.2, 0.25) is 0 Å². The van der Waals surface area contributed by atoms with Gasteiger partial charge < -0.3 is 5.11 Å². The summed E-state index contributed by atoms with van der Waals surface area (Å²) in [6, 6.07) is 3.55. The van der Waals surface area contributed by atoms with E-state index in [-0.39, 0.29) is 23.4 Å². The third kappa shape index (κ3) is 2.34. The molecule has 1 aromatic heterocycles. The molecular formula is C16H16F2N2O2. The van der Waals surface area contributed by atoms with Gasteiger partial charge in [0, 0.05) is 12.7 Å². The van der Waals surface area contributed by atoms with Crippen molar-refractivity contribution in [2.24, 2.45) is 7.05 Å². The summed E-state index contributed by atoms with van der Waals surface area (Å²) in [5.74, 6) is -1.81. The Balaban J connectivity index is 2.05. The van der Waals surface area contributed by atoms with E-state index in [9.17, 15) is 18.7 Å². The summed E-state index contributed by atoms with van der Waals surface area (Å²) in [7, 11) is 1.70. The highest BCUT2D eigenvalue weighted by Crippen LogP contribution is 2.34. The highest BCUT2D eigenvalue weighted by Gasteiger charge is 2.25. The van der Waals surface area contributed by atoms with Crippen LogP contribution in [0.5, 0.6) is 0 Å². The first-order valence-corrected chi connectivity index (χ1v) is 7.02. The predicted molar refractivity (Wildman–Crippen MR) is 78.7 cm³/mol. The summed E-state index contributed by atoms with van der Waals surface area (Å²) in [5, 5.41) is 10.1. The zero-order valence-electron chi connectivity index (χ0n) is 12.4. The summed E-state index contributed by atoms with van der Waals surface area (Å²) in [5.41, 5.74) is 1.96. The number of hydrogen-bond acceptors (Lipinski definition) is 2. The van der Waals surface area contributed by atoms with Crippen LogP contribution in [0.15, 0.2) is 28.6 Å². The van der Waals surface area contributed by atoms with Crippen LogP contribution in [0.1, 0.15) is 29.7 Å². The highest BCUT2D eigenvalue weighted by molar-refractivity contribution is 5.66. The molecule has 1 aliphatic carbocycles. The van der Waals surface area contributed by atoms with E-state index >= 15 is 0 Å². The molecule has 22 heavy (non-hydrogen) atoms. The molecule has 0 amide bonds. The van der Waals surface area contributed by atoms with Gasteiger partial charge in [-0.3, -0.25) is 9.48 Å². The SMILES string of the molecule is Cc1c(C(O)=C2CC2)c(=O)n(Cc2ccc(F)c(F)c2)n1C. The molecule has 0 atom stereocenters. The van der Waals surface area contributed by atoms with Crippen molar-refractivity contribution in [1.82, 2.24) is 9.36 Å². The molecule has 0 aliphatic heterocycles. The van der Waals surface area contributed by atoms with Crippen LogP contribution in [-0.4, -0.2) is 14.5 Å². The van der Waals surface area contributed by atoms with Crippen molar-refractivity contribution < 1.29 is 13.9 Å². The van der Waals surface area contributed by atoms with Crippen molar-refractivity contribution in [2.75, 3.05) is 0 Å². The Labute approximate surface area is 125 Å². The molecule has 0 bridgehead atoms. The van der Waals surface area contributed by atoms with Crippen molar-refractivity contribution >= 4 is 5.76 Å². The quantitative estimate of drug-likeness (QED) is 0.886. The molecule has 1 heterocycles. The van der Waals surface area contributed by atoms with Crippen molar-refractivity contribution in [3.8, 4) is 0 Å². The fourth-order valence-corrected chi connectivity index (χ4v) is 2.50. The maximum Gasteiger partial charge on any atom is 0.278 e. The summed E-state index contributed by atoms with van der Waals surface area (Å²) in [6.45, 7) is 1.85. The number of hydrogen-bond donors (Lipinski definition) is 1. The second-order valence-electron chi connectivity index (χ2n) is 5.55. The average molecular weight is 306 g/mol. The molecule has 3 rings (SSSR count). The lowest BCUT2D eigenvalue weighted by atomic mass is 10.2. The van der Waals surface area contributed by atoms with Crippen LogP contribution in [0.2, 0.25) is 0 Å². The Morgan fingerprint density at radius 1 is 1.27 bits per heavy atom. The van der Waals surface area contributed by atoms with Gasteiger partial charge in [0.25, 0.3) is 5.56 Å². The van der Waals surface area contributed by atoms with Crippen LogP contribution >= 0.6 is 0 Å². The van der Waals surface area contributed by atoms with E-state index in [1.165, 1.54) is 10.7 Å². The van der Waals surface area contributed by atoms with Crippen molar-refractivity contribution in [1.29, 1.82) is 0 Å². The monoisotopic (exact) mass is 306 g/mol. The molecule has 1 fully saturated rings. The first kappa shape index (κ1) is 14.6. The number of halogens is 2. The molecule has 0 spiro atoms. The topological polar surface area (TPSA) is 47.2 Å². The average Bonchev–Trinajstić information content (AvgIpc) is 3.29. The Morgan fingerprint density at radius 3 is 2.55 bits per heavy atom. The van der Waals surface area contributed by atoms with Crippen LogP contribution in [0.25, 0.3) is 5.76 Å². The minimum absolute atomic E-state index is 0.0575. The molecule has 0 radical (unpaired) electrons. The zero-order valence-corrected chi connectivity index (χ0v) is 12.4. The Hall–Kier alpha value is -2.37. The maximum atomic E-state index is 13.3. The third-order valence-electron chi connectivity index (χ3n) is 4.05. The molecule has 0 saturated heterocycles. The number of allylic oxidation sites excluding steroid dienone is 1. The lowest BCUT2D eigenvalue weighted by Crippen LogP contribution is -2.23. The number of rotatable bonds is 3. The Kier molecular flexibility index (Phi) is 3.39. The molecule has 0 unspecified atom stereocenters. The number of nitrogens with zero attached hydrogens (tertiary/aromatic N) is 2. The van der Waals surface area contributed by atoms with E-state index in [1.54, 1.807) is 18.7 Å². The van der Waals surface area contributed by atoms with Crippen molar-refractivity contribution in [3.05, 3.63) is 62.6 Å². The molecule has 1 aliphatic rings. The van der Waals surface area contributed by atoms with Gasteiger partial charge in [-0.15, -0.1) is 0 Å². The van der Waals surface area contributed by atoms with E-state index in [1.807, 2.05) is 0 Å². The molecule has 4 nitrogen and oxygen atoms in total. The molecular weight excluding hydrogens is 290 g/mol. The summed E-state index contributed by atoms with van der Waals surface area (Å²) in [6.07, 6.45) is 1.62. The Morgan fingerprint density at radius 2 is 1.95 bits per heavy atom. The lowest BCUT2D eigenvalue weighted by molar-refractivity contribution is 0.498. The molecule has 6 heteroatoms. The van der Waals surface area contributed by atoms with Crippen LogP contribution in [0, 0.1) is 18.6 Å². The largest absolute Gasteiger partial charge is 0.507 e. The van der Waals surface area contributed by atoms with Crippen LogP contribution < -0.4 is 5.56 Å². The van der Waals surface area contributed by atoms with Gasteiger partial charge in [-0.1, -0.05) is 6.07 Å². The molecule has 116 valence electrons. The minimum atomic E-state index is -0.945. The lowest BCUT2D eigenvalue weighted by Gasteiger charge is -2.08. The molecule has 2 aromatic rings. The summed E-state index contributed by atoms with van der Waals surface area (Å²) in [4.78, 5) is 12.5. The fraction of sp³-hybridized carbons (Fsp3) is 0.312. The standard InChI is InChI=1S/C16H16F2N2O2/c1-9-14(15(21)11-4-5-11)16(22)20(19(9)2)8-10-3-6-12(17)13(18)7-10/h3,6-7,21H,4-5,8H2,1-2H3. The number of aliphatic hydroxyl groups is 1. The highest BCUT2D eigenvalue weighted by atomic mass is 19.2. The maximum absolute atomic E-state index is 13.3. The number of benzene rings is 1. The first-order chi connectivity index (χ1) is 10.4. The van der Waals surface area contributed by atoms with E-state index in [0.717, 1.165) is 30.5 Å². The van der Waals surface area contributed by atoms with Gasteiger partial charge in [0.1, 0.15) is 11.3 Å². The Bertz CT molecular complexity index is 841. The summed E-state index contributed by atoms with van der Waals surface area (Å²) < 4.78 is 29.3. The van der Waals surface area contributed by atoms with Gasteiger partial charge >= 0.3 is 0 Å². The third-order valence-corrected chi connectivity index (χ3v) is 4.05. The van der Waals surface area contributed by atoms with Gasteiger partial charge in [-0.2, -0.15) is 0 Å². The fourth-order valence-electron chi connectivity index (χ4n) is 2.50. The van der Waals surface area contributed by atoms with E-state index < -0.39 is 11.6 Å². The first-order valence-electron chi connectivity index (χ1n) is 7.02. The second-order valence-corrected chi connectivity index (χ2v) is 5.55. The molecule has 1 aromatic carbocycles. The van der Waals surface area contributed by atoms with Gasteiger partial charge in [0.05, 0.1) is 6.54 Å².